The van der Waals surface area contributed by atoms with E-state index in [0.717, 1.165) is 68.5 Å². The van der Waals surface area contributed by atoms with Crippen LogP contribution < -0.4 is 20.7 Å². The van der Waals surface area contributed by atoms with E-state index in [-0.39, 0.29) is 30.5 Å². The fourth-order valence-corrected chi connectivity index (χ4v) is 7.05. The highest BCUT2D eigenvalue weighted by Crippen LogP contribution is 2.39. The molecule has 0 radical (unpaired) electrons. The molecule has 46 heavy (non-hydrogen) atoms. The monoisotopic (exact) mass is 638 g/mol. The largest absolute Gasteiger partial charge is 0.504 e. The second kappa shape index (κ2) is 18.7. The summed E-state index contributed by atoms with van der Waals surface area (Å²) in [4.78, 5) is 4.89. The van der Waals surface area contributed by atoms with E-state index >= 15 is 0 Å². The van der Waals surface area contributed by atoms with Gasteiger partial charge in [-0.05, 0) is 69.8 Å². The van der Waals surface area contributed by atoms with Crippen molar-refractivity contribution in [1.29, 1.82) is 0 Å². The molecule has 1 fully saturated rings. The highest BCUT2D eigenvalue weighted by Gasteiger charge is 2.41. The number of benzene rings is 1. The number of nitrogens with one attached hydrogen (secondary N) is 3. The molecule has 6 N–H and O–H groups in total. The van der Waals surface area contributed by atoms with E-state index in [4.69, 9.17) is 14.5 Å². The summed E-state index contributed by atoms with van der Waals surface area (Å²) in [6.45, 7) is 8.54. The lowest BCUT2D eigenvalue weighted by Gasteiger charge is -2.30. The lowest BCUT2D eigenvalue weighted by Crippen LogP contribution is -2.48. The zero-order chi connectivity index (χ0) is 32.9. The fraction of sp³-hybridized carbons (Fsp3) is 0.649. The van der Waals surface area contributed by atoms with Gasteiger partial charge in [-0.25, -0.2) is 0 Å². The first-order chi connectivity index (χ1) is 22.4. The van der Waals surface area contributed by atoms with Crippen molar-refractivity contribution in [2.45, 2.75) is 103 Å². The molecular weight excluding hydrogens is 580 g/mol. The van der Waals surface area contributed by atoms with E-state index in [1.165, 1.54) is 31.3 Å². The molecule has 9 nitrogen and oxygen atoms in total. The average molecular weight is 639 g/mol. The summed E-state index contributed by atoms with van der Waals surface area (Å²) in [6, 6.07) is 6.52. The molecule has 2 heterocycles. The number of aliphatic hydroxyl groups is 2. The van der Waals surface area contributed by atoms with Gasteiger partial charge in [0.15, 0.2) is 23.8 Å². The molecule has 0 bridgehead atoms. The first kappa shape index (κ1) is 36.3. The predicted molar refractivity (Wildman–Crippen MR) is 185 cm³/mol. The Morgan fingerprint density at radius 3 is 2.67 bits per heavy atom. The number of aliphatic imine (C=N–C) groups is 1. The van der Waals surface area contributed by atoms with Gasteiger partial charge in [0.25, 0.3) is 0 Å². The van der Waals surface area contributed by atoms with Gasteiger partial charge in [-0.1, -0.05) is 58.1 Å². The zero-order valence-corrected chi connectivity index (χ0v) is 28.4. The van der Waals surface area contributed by atoms with Crippen LogP contribution in [0.25, 0.3) is 0 Å². The number of hydrogen-bond acceptors (Lipinski definition) is 9. The minimum Gasteiger partial charge on any atom is -0.504 e. The van der Waals surface area contributed by atoms with Crippen LogP contribution in [0.15, 0.2) is 46.5 Å². The first-order valence-electron chi connectivity index (χ1n) is 17.6. The smallest absolute Gasteiger partial charge is 0.176 e. The molecule has 9 heteroatoms. The topological polar surface area (TPSA) is 128 Å². The van der Waals surface area contributed by atoms with Crippen molar-refractivity contribution in [2.24, 2.45) is 16.8 Å². The number of ether oxygens (including phenoxy) is 2. The summed E-state index contributed by atoms with van der Waals surface area (Å²) in [6.07, 6.45) is 16.2. The van der Waals surface area contributed by atoms with Gasteiger partial charge in [0.1, 0.15) is 18.2 Å². The number of phenolic OH excluding ortho intramolecular Hbond substituents is 1. The van der Waals surface area contributed by atoms with Gasteiger partial charge in [0.05, 0.1) is 18.1 Å². The van der Waals surface area contributed by atoms with Crippen molar-refractivity contribution in [3.63, 3.8) is 0 Å². The van der Waals surface area contributed by atoms with E-state index in [1.54, 1.807) is 6.07 Å². The zero-order valence-electron chi connectivity index (χ0n) is 28.4. The molecule has 1 aromatic carbocycles. The van der Waals surface area contributed by atoms with Crippen molar-refractivity contribution >= 4 is 6.21 Å². The van der Waals surface area contributed by atoms with Gasteiger partial charge in [0, 0.05) is 31.8 Å². The number of rotatable bonds is 21. The quantitative estimate of drug-likeness (QED) is 0.108. The molecule has 3 aliphatic rings. The van der Waals surface area contributed by atoms with Crippen LogP contribution in [0.5, 0.6) is 11.5 Å². The number of hydrogen-bond donors (Lipinski definition) is 6. The van der Waals surface area contributed by atoms with Crippen molar-refractivity contribution < 1.29 is 24.8 Å². The Balaban J connectivity index is 1.40. The second-order valence-corrected chi connectivity index (χ2v) is 13.1. The number of likely N-dealkylation sites (N-methyl/N-ethyl adjacent to an activating group) is 2. The minimum atomic E-state index is -0.407. The van der Waals surface area contributed by atoms with Crippen LogP contribution in [-0.4, -0.2) is 85.7 Å². The van der Waals surface area contributed by atoms with Gasteiger partial charge < -0.3 is 35.4 Å². The Hall–Kier alpha value is -2.53. The van der Waals surface area contributed by atoms with Gasteiger partial charge in [-0.2, -0.15) is 11.6 Å². The normalized spacial score (nSPS) is 21.0. The third-order valence-corrected chi connectivity index (χ3v) is 9.46. The highest BCUT2D eigenvalue weighted by atomic mass is 16.5. The van der Waals surface area contributed by atoms with Crippen molar-refractivity contribution in [2.75, 3.05) is 39.9 Å². The summed E-state index contributed by atoms with van der Waals surface area (Å²) in [5, 5.41) is 40.9. The predicted octanol–water partition coefficient (Wildman–Crippen LogP) is 4.63. The van der Waals surface area contributed by atoms with Crippen LogP contribution in [0, 0.1) is 24.0 Å². The molecule has 0 aromatic heterocycles. The molecule has 0 saturated heterocycles. The number of aromatic hydroxyl groups is 1. The number of unbranched alkanes of at least 4 members (excludes halogenated alkanes) is 1. The standard InChI is InChI=1S/C37H58N4O5/c1-5-7-12-35-29(23-42)18-30(46-35)15-13-26-14-16-34(44)36(17-26)45-24-33(39-6-2)31-19-28(21-41-31)37(27-10-8-9-11-27)32(22-38-4)40-20-25(3)43/h14,16-19,21,25,27,32-33,35,37-40,42-44H,5-13,15,20,22-24H2,1-4H3/t25-,32-,33-,35?,37-/m0/s1. The maximum absolute atomic E-state index is 10.7. The molecule has 5 atom stereocenters. The van der Waals surface area contributed by atoms with Gasteiger partial charge in [-0.15, -0.1) is 4.99 Å². The third kappa shape index (κ3) is 10.2. The SMILES string of the molecule is CCCCC1O[C-](CCc2ccc(O)c(OC[C@H](NCC)[C+]3C=C([C@H](C4CCCC4)[C@H](CNC)NC[C@H](C)O)C=N3)c2)C=C1CO. The van der Waals surface area contributed by atoms with Crippen molar-refractivity contribution in [3.05, 3.63) is 59.2 Å². The summed E-state index contributed by atoms with van der Waals surface area (Å²) >= 11 is 0. The molecule has 1 aromatic rings. The Kier molecular flexibility index (Phi) is 14.8. The maximum atomic E-state index is 10.7. The lowest BCUT2D eigenvalue weighted by atomic mass is 9.79. The highest BCUT2D eigenvalue weighted by molar-refractivity contribution is 5.84. The summed E-state index contributed by atoms with van der Waals surface area (Å²) in [7, 11) is 1.98. The molecule has 4 rings (SSSR count). The first-order valence-corrected chi connectivity index (χ1v) is 17.6. The van der Waals surface area contributed by atoms with Crippen LogP contribution in [0.4, 0.5) is 0 Å². The summed E-state index contributed by atoms with van der Waals surface area (Å²) in [5.41, 5.74) is 3.24. The molecular formula is C37H58N4O5. The third-order valence-electron chi connectivity index (χ3n) is 9.46. The average Bonchev–Trinajstić information content (AvgIpc) is 3.83. The number of phenols is 1. The Morgan fingerprint density at radius 2 is 1.98 bits per heavy atom. The Labute approximate surface area is 277 Å². The maximum Gasteiger partial charge on any atom is 0.176 e. The molecule has 1 saturated carbocycles. The minimum absolute atomic E-state index is 0.0184. The summed E-state index contributed by atoms with van der Waals surface area (Å²) in [5.74, 6) is 1.44. The van der Waals surface area contributed by atoms with Gasteiger partial charge in [0.2, 0.25) is 0 Å². The lowest BCUT2D eigenvalue weighted by molar-refractivity contribution is 0.103. The van der Waals surface area contributed by atoms with Crippen LogP contribution in [-0.2, 0) is 11.2 Å². The van der Waals surface area contributed by atoms with E-state index in [0.29, 0.717) is 30.7 Å². The van der Waals surface area contributed by atoms with Crippen molar-refractivity contribution in [3.8, 4) is 11.5 Å². The molecule has 0 spiro atoms. The number of nitrogens with zero attached hydrogens (tertiary/aromatic N) is 1. The second-order valence-electron chi connectivity index (χ2n) is 13.1. The molecule has 256 valence electrons. The summed E-state index contributed by atoms with van der Waals surface area (Å²) < 4.78 is 12.4. The van der Waals surface area contributed by atoms with Crippen LogP contribution in [0.2, 0.25) is 0 Å². The van der Waals surface area contributed by atoms with Gasteiger partial charge >= 0.3 is 0 Å². The molecule has 1 unspecified atom stereocenters. The van der Waals surface area contributed by atoms with E-state index in [2.05, 4.69) is 35.9 Å². The number of aliphatic hydroxyl groups excluding tert-OH is 2. The fourth-order valence-electron chi connectivity index (χ4n) is 7.05. The number of aryl methyl sites for hydroxylation is 1. The van der Waals surface area contributed by atoms with E-state index in [1.807, 2.05) is 38.4 Å². The Bertz CT molecular complexity index is 1150. The molecule has 0 amide bonds. The van der Waals surface area contributed by atoms with Crippen LogP contribution in [0.1, 0.15) is 77.7 Å². The van der Waals surface area contributed by atoms with Crippen LogP contribution in [0.3, 0.4) is 0 Å². The molecule has 1 aliphatic carbocycles. The van der Waals surface area contributed by atoms with Crippen molar-refractivity contribution in [1.82, 2.24) is 16.0 Å². The Morgan fingerprint density at radius 1 is 1.17 bits per heavy atom. The van der Waals surface area contributed by atoms with Gasteiger partial charge in [-0.3, -0.25) is 5.32 Å². The van der Waals surface area contributed by atoms with E-state index in [9.17, 15) is 15.3 Å². The van der Waals surface area contributed by atoms with E-state index < -0.39 is 6.10 Å². The van der Waals surface area contributed by atoms with Crippen LogP contribution >= 0.6 is 0 Å². The molecule has 2 aliphatic heterocycles.